The van der Waals surface area contributed by atoms with Gasteiger partial charge in [0.2, 0.25) is 0 Å². The van der Waals surface area contributed by atoms with Gasteiger partial charge in [-0.3, -0.25) is 5.43 Å². The van der Waals surface area contributed by atoms with Gasteiger partial charge in [-0.05, 0) is 54.8 Å². The molecule has 4 nitrogen and oxygen atoms in total. The predicted octanol–water partition coefficient (Wildman–Crippen LogP) is 5.34. The molecule has 1 N–H and O–H groups in total. The van der Waals surface area contributed by atoms with E-state index < -0.39 is 0 Å². The third-order valence-electron chi connectivity index (χ3n) is 4.21. The Bertz CT molecular complexity index is 921. The first-order chi connectivity index (χ1) is 13.2. The van der Waals surface area contributed by atoms with Gasteiger partial charge in [-0.25, -0.2) is 0 Å². The molecule has 0 amide bonds. The molecule has 0 aromatic heterocycles. The molecule has 0 fully saturated rings. The summed E-state index contributed by atoms with van der Waals surface area (Å²) in [6.45, 7) is 4.63. The Hall–Kier alpha value is -3.27. The average molecular weight is 360 g/mol. The number of rotatable bonds is 7. The van der Waals surface area contributed by atoms with Crippen molar-refractivity contribution < 1.29 is 9.47 Å². The molecule has 0 unspecified atom stereocenters. The fraction of sp³-hybridized carbons (Fsp3) is 0.174. The quantitative estimate of drug-likeness (QED) is 0.457. The van der Waals surface area contributed by atoms with Gasteiger partial charge in [-0.15, -0.1) is 0 Å². The number of hydrazone groups is 1. The van der Waals surface area contributed by atoms with E-state index >= 15 is 0 Å². The fourth-order valence-electron chi connectivity index (χ4n) is 2.74. The van der Waals surface area contributed by atoms with Gasteiger partial charge in [0.05, 0.1) is 19.0 Å². The average Bonchev–Trinajstić information content (AvgIpc) is 2.69. The summed E-state index contributed by atoms with van der Waals surface area (Å²) >= 11 is 0. The topological polar surface area (TPSA) is 42.8 Å². The van der Waals surface area contributed by atoms with E-state index in [1.54, 1.807) is 13.3 Å². The summed E-state index contributed by atoms with van der Waals surface area (Å²) in [7, 11) is 1.64. The molecule has 0 heterocycles. The van der Waals surface area contributed by atoms with Crippen LogP contribution in [0.1, 0.15) is 22.3 Å². The Morgan fingerprint density at radius 3 is 2.48 bits per heavy atom. The second kappa shape index (κ2) is 8.90. The van der Waals surface area contributed by atoms with E-state index in [9.17, 15) is 0 Å². The second-order valence-electron chi connectivity index (χ2n) is 6.37. The molecule has 0 bridgehead atoms. The van der Waals surface area contributed by atoms with Gasteiger partial charge >= 0.3 is 0 Å². The molecular weight excluding hydrogens is 336 g/mol. The first-order valence-electron chi connectivity index (χ1n) is 8.87. The zero-order valence-electron chi connectivity index (χ0n) is 15.9. The number of nitrogens with zero attached hydrogens (tertiary/aromatic N) is 1. The van der Waals surface area contributed by atoms with E-state index in [0.29, 0.717) is 18.1 Å². The lowest BCUT2D eigenvalue weighted by Crippen LogP contribution is -1.99. The maximum atomic E-state index is 5.94. The number of methoxy groups -OCH3 is 1. The molecule has 0 aliphatic carbocycles. The van der Waals surface area contributed by atoms with Crippen LogP contribution in [0.5, 0.6) is 11.5 Å². The van der Waals surface area contributed by atoms with Crippen molar-refractivity contribution in [3.63, 3.8) is 0 Å². The molecule has 0 aliphatic heterocycles. The number of hydrogen-bond donors (Lipinski definition) is 1. The van der Waals surface area contributed by atoms with Crippen molar-refractivity contribution in [2.75, 3.05) is 12.5 Å². The standard InChI is InChI=1S/C23H24N2O2/c1-17-9-11-21(18(2)13-17)25-24-15-20-10-12-22(26-3)23(14-20)27-16-19-7-5-4-6-8-19/h4-15,25H,16H2,1-3H3. The van der Waals surface area contributed by atoms with Crippen molar-refractivity contribution >= 4 is 11.9 Å². The summed E-state index contributed by atoms with van der Waals surface area (Å²) < 4.78 is 11.3. The Morgan fingerprint density at radius 1 is 0.926 bits per heavy atom. The Labute approximate surface area is 160 Å². The summed E-state index contributed by atoms with van der Waals surface area (Å²) in [5.41, 5.74) is 8.51. The third-order valence-corrected chi connectivity index (χ3v) is 4.21. The van der Waals surface area contributed by atoms with Crippen LogP contribution >= 0.6 is 0 Å². The number of benzene rings is 3. The first kappa shape index (κ1) is 18.5. The summed E-state index contributed by atoms with van der Waals surface area (Å²) in [4.78, 5) is 0. The van der Waals surface area contributed by atoms with Crippen LogP contribution in [0.4, 0.5) is 5.69 Å². The summed E-state index contributed by atoms with van der Waals surface area (Å²) in [5.74, 6) is 1.39. The molecule has 4 heteroatoms. The third kappa shape index (κ3) is 5.11. The van der Waals surface area contributed by atoms with Gasteiger partial charge in [0, 0.05) is 0 Å². The van der Waals surface area contributed by atoms with E-state index in [1.807, 2.05) is 54.6 Å². The number of hydrogen-bond acceptors (Lipinski definition) is 4. The lowest BCUT2D eigenvalue weighted by molar-refractivity contribution is 0.284. The van der Waals surface area contributed by atoms with Crippen LogP contribution in [-0.2, 0) is 6.61 Å². The molecule has 0 aliphatic rings. The van der Waals surface area contributed by atoms with E-state index in [4.69, 9.17) is 9.47 Å². The van der Waals surface area contributed by atoms with Crippen LogP contribution in [0.15, 0.2) is 71.8 Å². The highest BCUT2D eigenvalue weighted by Crippen LogP contribution is 2.28. The van der Waals surface area contributed by atoms with Crippen LogP contribution in [0.25, 0.3) is 0 Å². The van der Waals surface area contributed by atoms with Crippen molar-refractivity contribution in [1.29, 1.82) is 0 Å². The van der Waals surface area contributed by atoms with E-state index in [-0.39, 0.29) is 0 Å². The molecule has 138 valence electrons. The summed E-state index contributed by atoms with van der Waals surface area (Å²) in [6, 6.07) is 22.0. The van der Waals surface area contributed by atoms with Gasteiger partial charge in [-0.1, -0.05) is 48.0 Å². The van der Waals surface area contributed by atoms with Crippen LogP contribution in [0, 0.1) is 13.8 Å². The fourth-order valence-corrected chi connectivity index (χ4v) is 2.74. The van der Waals surface area contributed by atoms with Gasteiger partial charge < -0.3 is 9.47 Å². The molecular formula is C23H24N2O2. The van der Waals surface area contributed by atoms with E-state index in [1.165, 1.54) is 5.56 Å². The first-order valence-corrected chi connectivity index (χ1v) is 8.87. The zero-order chi connectivity index (χ0) is 19.1. The van der Waals surface area contributed by atoms with E-state index in [0.717, 1.165) is 22.4 Å². The van der Waals surface area contributed by atoms with Gasteiger partial charge in [-0.2, -0.15) is 5.10 Å². The number of aryl methyl sites for hydroxylation is 2. The number of ether oxygens (including phenoxy) is 2. The minimum absolute atomic E-state index is 0.485. The molecule has 0 saturated carbocycles. The number of nitrogens with one attached hydrogen (secondary N) is 1. The summed E-state index contributed by atoms with van der Waals surface area (Å²) in [6.07, 6.45) is 1.77. The second-order valence-corrected chi connectivity index (χ2v) is 6.37. The van der Waals surface area contributed by atoms with Crippen LogP contribution in [0.2, 0.25) is 0 Å². The van der Waals surface area contributed by atoms with Crippen molar-refractivity contribution in [3.8, 4) is 11.5 Å². The molecule has 0 saturated heterocycles. The van der Waals surface area contributed by atoms with Crippen LogP contribution in [0.3, 0.4) is 0 Å². The lowest BCUT2D eigenvalue weighted by atomic mass is 10.1. The van der Waals surface area contributed by atoms with Crippen molar-refractivity contribution in [1.82, 2.24) is 0 Å². The molecule has 27 heavy (non-hydrogen) atoms. The highest BCUT2D eigenvalue weighted by molar-refractivity contribution is 5.81. The SMILES string of the molecule is COc1ccc(C=NNc2ccc(C)cc2C)cc1OCc1ccccc1. The van der Waals surface area contributed by atoms with Crippen LogP contribution < -0.4 is 14.9 Å². The van der Waals surface area contributed by atoms with E-state index in [2.05, 4.69) is 36.5 Å². The molecule has 3 aromatic carbocycles. The lowest BCUT2D eigenvalue weighted by Gasteiger charge is -2.11. The predicted molar refractivity (Wildman–Crippen MR) is 111 cm³/mol. The highest BCUT2D eigenvalue weighted by Gasteiger charge is 2.06. The maximum Gasteiger partial charge on any atom is 0.162 e. The summed E-state index contributed by atoms with van der Waals surface area (Å²) in [5, 5.41) is 4.35. The van der Waals surface area contributed by atoms with Crippen LogP contribution in [-0.4, -0.2) is 13.3 Å². The Kier molecular flexibility index (Phi) is 6.10. The monoisotopic (exact) mass is 360 g/mol. The minimum Gasteiger partial charge on any atom is -0.493 e. The molecule has 3 aromatic rings. The van der Waals surface area contributed by atoms with Crippen molar-refractivity contribution in [3.05, 3.63) is 89.0 Å². The molecule has 0 atom stereocenters. The zero-order valence-corrected chi connectivity index (χ0v) is 15.9. The minimum atomic E-state index is 0.485. The Balaban J connectivity index is 1.70. The maximum absolute atomic E-state index is 5.94. The number of anilines is 1. The van der Waals surface area contributed by atoms with Gasteiger partial charge in [0.25, 0.3) is 0 Å². The molecule has 3 rings (SSSR count). The van der Waals surface area contributed by atoms with Crippen molar-refractivity contribution in [2.24, 2.45) is 5.10 Å². The largest absolute Gasteiger partial charge is 0.493 e. The smallest absolute Gasteiger partial charge is 0.162 e. The highest BCUT2D eigenvalue weighted by atomic mass is 16.5. The van der Waals surface area contributed by atoms with Crippen molar-refractivity contribution in [2.45, 2.75) is 20.5 Å². The Morgan fingerprint density at radius 2 is 1.74 bits per heavy atom. The van der Waals surface area contributed by atoms with Gasteiger partial charge in [0.1, 0.15) is 6.61 Å². The van der Waals surface area contributed by atoms with Gasteiger partial charge in [0.15, 0.2) is 11.5 Å². The molecule has 0 spiro atoms. The molecule has 0 radical (unpaired) electrons. The normalized spacial score (nSPS) is 10.8.